The van der Waals surface area contributed by atoms with E-state index >= 15 is 0 Å². The van der Waals surface area contributed by atoms with Gasteiger partial charge in [0, 0.05) is 42.9 Å². The van der Waals surface area contributed by atoms with Crippen LogP contribution in [0.4, 0.5) is 0 Å². The molecule has 0 aromatic rings. The van der Waals surface area contributed by atoms with Gasteiger partial charge >= 0.3 is 51.4 Å². The Labute approximate surface area is 302 Å². The fourth-order valence-corrected chi connectivity index (χ4v) is 8.41. The fraction of sp³-hybridized carbons (Fsp3) is 0.844. The Kier molecular flexibility index (Phi) is 15.4. The fourth-order valence-electron chi connectivity index (χ4n) is 8.14. The molecule has 3 saturated carbocycles. The Morgan fingerprint density at radius 3 is 2.43 bits per heavy atom. The Balaban J connectivity index is 0.00000484. The predicted molar refractivity (Wildman–Crippen MR) is 167 cm³/mol. The average molecular weight is 629 g/mol. The van der Waals surface area contributed by atoms with E-state index in [0.29, 0.717) is 23.5 Å². The van der Waals surface area contributed by atoms with Gasteiger partial charge in [0.15, 0.2) is 10.8 Å². The van der Waals surface area contributed by atoms with Crippen LogP contribution in [0.5, 0.6) is 0 Å². The minimum Gasteiger partial charge on any atom is -0.550 e. The number of nitrogens with one attached hydrogen (secondary N) is 3. The summed E-state index contributed by atoms with van der Waals surface area (Å²) >= 11 is 5.57. The van der Waals surface area contributed by atoms with Crippen molar-refractivity contribution in [3.63, 3.8) is 0 Å². The minimum atomic E-state index is -0.911. The van der Waals surface area contributed by atoms with Gasteiger partial charge in [0.05, 0.1) is 18.6 Å². The van der Waals surface area contributed by atoms with Crippen molar-refractivity contribution in [1.82, 2.24) is 20.9 Å². The largest absolute Gasteiger partial charge is 1.00 e. The van der Waals surface area contributed by atoms with Gasteiger partial charge in [-0.1, -0.05) is 12.5 Å². The van der Waals surface area contributed by atoms with Gasteiger partial charge in [-0.15, -0.1) is 0 Å². The maximum absolute atomic E-state index is 12.7. The zero-order valence-corrected chi connectivity index (χ0v) is 31.1. The molecule has 0 radical (unpaired) electrons. The molecule has 0 amide bonds. The van der Waals surface area contributed by atoms with Crippen LogP contribution in [0.3, 0.4) is 0 Å². The zero-order valence-electron chi connectivity index (χ0n) is 27.2. The standard InChI is InChI=1S/C32H55N5O3S.K/c1-6-33-21-10-14-25-28(19-21)40-29-20-23(37(7-2)8-3)12-15-26(29)30(25)24-13-11-22(18-27(24)31(38)39)35-32(41)34-16-9-17-36(4)5;/h21-22,24-25,27-29,33H,6-20H2,1-5H3,(H2-,34,35,38,39,41);/q;+1. The van der Waals surface area contributed by atoms with E-state index in [9.17, 15) is 9.90 Å². The van der Waals surface area contributed by atoms with Gasteiger partial charge < -0.3 is 35.5 Å². The first kappa shape index (κ1) is 36.6. The summed E-state index contributed by atoms with van der Waals surface area (Å²) in [5, 5.41) is 23.8. The number of carbonyl (C=O) groups is 1. The maximum atomic E-state index is 12.7. The first-order valence-electron chi connectivity index (χ1n) is 16.4. The number of nitrogens with zero attached hydrogens (tertiary/aromatic N) is 2. The molecule has 7 atom stereocenters. The van der Waals surface area contributed by atoms with Crippen LogP contribution in [0.2, 0.25) is 0 Å². The van der Waals surface area contributed by atoms with Crippen LogP contribution in [-0.4, -0.2) is 97.4 Å². The van der Waals surface area contributed by atoms with E-state index in [4.69, 9.17) is 17.0 Å². The molecular weight excluding hydrogens is 574 g/mol. The number of aliphatic carboxylic acids is 1. The molecule has 0 saturated heterocycles. The SMILES string of the molecule is CCNC1CCC2C(C3CCC(NC(=S)NCCCN(C)C)CC3C(=O)[O-])=C3CCC(=[N+](CC)CC)CC3OC2C1.[K+]. The minimum absolute atomic E-state index is 0. The molecule has 0 spiro atoms. The van der Waals surface area contributed by atoms with Crippen molar-refractivity contribution in [3.05, 3.63) is 11.1 Å². The number of carboxylic acid groups (broad SMARTS) is 1. The summed E-state index contributed by atoms with van der Waals surface area (Å²) in [6, 6.07) is 0.528. The Morgan fingerprint density at radius 2 is 1.76 bits per heavy atom. The third kappa shape index (κ3) is 9.31. The number of hydrogen-bond donors (Lipinski definition) is 3. The second kappa shape index (κ2) is 17.7. The number of carbonyl (C=O) groups excluding carboxylic acids is 1. The molecule has 7 unspecified atom stereocenters. The predicted octanol–water partition coefficient (Wildman–Crippen LogP) is -0.540. The smallest absolute Gasteiger partial charge is 0.550 e. The summed E-state index contributed by atoms with van der Waals surface area (Å²) in [6.07, 6.45) is 9.76. The number of hydrogen-bond acceptors (Lipinski definition) is 6. The molecule has 0 aromatic carbocycles. The van der Waals surface area contributed by atoms with E-state index in [2.05, 4.69) is 60.3 Å². The maximum Gasteiger partial charge on any atom is 1.00 e. The van der Waals surface area contributed by atoms with Crippen molar-refractivity contribution in [2.45, 2.75) is 109 Å². The number of thiocarbonyl (C=S) groups is 1. The van der Waals surface area contributed by atoms with Gasteiger partial charge in [-0.25, -0.2) is 4.58 Å². The summed E-state index contributed by atoms with van der Waals surface area (Å²) < 4.78 is 9.44. The summed E-state index contributed by atoms with van der Waals surface area (Å²) in [6.45, 7) is 11.5. The quantitative estimate of drug-likeness (QED) is 0.0925. The van der Waals surface area contributed by atoms with Crippen LogP contribution >= 0.6 is 12.2 Å². The topological polar surface area (TPSA) is 91.7 Å². The number of ether oxygens (including phenoxy) is 1. The molecule has 42 heavy (non-hydrogen) atoms. The van der Waals surface area contributed by atoms with E-state index in [-0.39, 0.29) is 75.6 Å². The number of carboxylic acids is 1. The molecule has 1 heterocycles. The molecule has 8 nitrogen and oxygen atoms in total. The second-order valence-electron chi connectivity index (χ2n) is 12.9. The summed E-state index contributed by atoms with van der Waals surface area (Å²) in [5.74, 6) is -1.06. The Bertz CT molecular complexity index is 983. The van der Waals surface area contributed by atoms with Crippen LogP contribution in [0.15, 0.2) is 11.1 Å². The van der Waals surface area contributed by atoms with Crippen LogP contribution in [0.1, 0.15) is 85.0 Å². The average Bonchev–Trinajstić information content (AvgIpc) is 2.95. The number of fused-ring (bicyclic) bond motifs is 2. The van der Waals surface area contributed by atoms with Gasteiger partial charge in [0.1, 0.15) is 13.1 Å². The van der Waals surface area contributed by atoms with Gasteiger partial charge in [-0.2, -0.15) is 0 Å². The second-order valence-corrected chi connectivity index (χ2v) is 13.3. The summed E-state index contributed by atoms with van der Waals surface area (Å²) in [5.41, 5.74) is 4.36. The molecule has 0 bridgehead atoms. The molecule has 10 heteroatoms. The first-order chi connectivity index (χ1) is 19.7. The van der Waals surface area contributed by atoms with Gasteiger partial charge in [0.25, 0.3) is 0 Å². The van der Waals surface area contributed by atoms with E-state index in [1.54, 1.807) is 0 Å². The van der Waals surface area contributed by atoms with Crippen LogP contribution in [0, 0.1) is 17.8 Å². The van der Waals surface area contributed by atoms with Crippen LogP contribution < -0.4 is 72.4 Å². The number of rotatable bonds is 11. The van der Waals surface area contributed by atoms with Crippen LogP contribution in [-0.2, 0) is 9.53 Å². The van der Waals surface area contributed by atoms with Gasteiger partial charge in [0.2, 0.25) is 0 Å². The van der Waals surface area contributed by atoms with Crippen molar-refractivity contribution in [2.24, 2.45) is 17.8 Å². The van der Waals surface area contributed by atoms with Crippen molar-refractivity contribution in [3.8, 4) is 0 Å². The molecule has 232 valence electrons. The first-order valence-corrected chi connectivity index (χ1v) is 16.8. The van der Waals surface area contributed by atoms with Gasteiger partial charge in [-0.3, -0.25) is 0 Å². The molecule has 1 aliphatic heterocycles. The van der Waals surface area contributed by atoms with E-state index in [1.807, 2.05) is 0 Å². The molecule has 0 aromatic heterocycles. The zero-order chi connectivity index (χ0) is 29.5. The molecule has 3 fully saturated rings. The molecule has 3 aliphatic carbocycles. The van der Waals surface area contributed by atoms with Crippen molar-refractivity contribution < 1.29 is 70.6 Å². The van der Waals surface area contributed by atoms with Crippen LogP contribution in [0.25, 0.3) is 0 Å². The Morgan fingerprint density at radius 1 is 1.05 bits per heavy atom. The normalized spacial score (nSPS) is 31.1. The third-order valence-corrected chi connectivity index (χ3v) is 10.3. The molecular formula is C32H55KN5O3S+. The third-order valence-electron chi connectivity index (χ3n) is 10.1. The van der Waals surface area contributed by atoms with E-state index in [1.165, 1.54) is 16.9 Å². The molecule has 4 rings (SSSR count). The van der Waals surface area contributed by atoms with Crippen molar-refractivity contribution >= 4 is 29.0 Å². The summed E-state index contributed by atoms with van der Waals surface area (Å²) in [4.78, 5) is 14.9. The summed E-state index contributed by atoms with van der Waals surface area (Å²) in [7, 11) is 4.13. The van der Waals surface area contributed by atoms with Crippen molar-refractivity contribution in [2.75, 3.05) is 46.8 Å². The Hall–Kier alpha value is 0.0864. The van der Waals surface area contributed by atoms with E-state index < -0.39 is 11.9 Å². The van der Waals surface area contributed by atoms with Crippen molar-refractivity contribution in [1.29, 1.82) is 0 Å². The molecule has 3 N–H and O–H groups in total. The van der Waals surface area contributed by atoms with E-state index in [0.717, 1.165) is 90.5 Å². The van der Waals surface area contributed by atoms with Gasteiger partial charge in [-0.05, 0) is 116 Å². The monoisotopic (exact) mass is 628 g/mol. The molecule has 4 aliphatic rings.